The van der Waals surface area contributed by atoms with E-state index in [2.05, 4.69) is 0 Å². The van der Waals surface area contributed by atoms with Gasteiger partial charge in [-0.2, -0.15) is 13.2 Å². The average Bonchev–Trinajstić information content (AvgIpc) is 2.61. The zero-order valence-electron chi connectivity index (χ0n) is 9.41. The molecule has 0 heterocycles. The van der Waals surface area contributed by atoms with Crippen LogP contribution in [0.3, 0.4) is 0 Å². The monoisotopic (exact) mass is 263 g/mol. The first-order valence-electron chi connectivity index (χ1n) is 5.22. The summed E-state index contributed by atoms with van der Waals surface area (Å²) in [6, 6.07) is -0.382. The van der Waals surface area contributed by atoms with Crippen LogP contribution < -0.4 is 5.73 Å². The Hall–Kier alpha value is -1.43. The van der Waals surface area contributed by atoms with E-state index < -0.39 is 23.9 Å². The predicted molar refractivity (Wildman–Crippen MR) is 56.7 cm³/mol. The van der Waals surface area contributed by atoms with Crippen molar-refractivity contribution >= 4 is 5.57 Å². The summed E-state index contributed by atoms with van der Waals surface area (Å²) < 4.78 is 64.6. The van der Waals surface area contributed by atoms with Crippen LogP contribution in [0.4, 0.5) is 22.0 Å². The second kappa shape index (κ2) is 4.05. The molecule has 0 aliphatic heterocycles. The lowest BCUT2D eigenvalue weighted by Gasteiger charge is -2.17. The highest BCUT2D eigenvalue weighted by molar-refractivity contribution is 5.76. The largest absolute Gasteiger partial charge is 0.407 e. The summed E-state index contributed by atoms with van der Waals surface area (Å²) in [5.41, 5.74) is 4.85. The zero-order valence-corrected chi connectivity index (χ0v) is 9.41. The second-order valence-electron chi connectivity index (χ2n) is 4.23. The van der Waals surface area contributed by atoms with Crippen molar-refractivity contribution < 1.29 is 22.0 Å². The minimum absolute atomic E-state index is 0.0535. The van der Waals surface area contributed by atoms with Crippen molar-refractivity contribution in [2.24, 2.45) is 5.73 Å². The summed E-state index contributed by atoms with van der Waals surface area (Å²) in [6.45, 7) is 1.33. The van der Waals surface area contributed by atoms with Gasteiger partial charge in [0.05, 0.1) is 0 Å². The second-order valence-corrected chi connectivity index (χ2v) is 4.23. The lowest BCUT2D eigenvalue weighted by molar-refractivity contribution is -0.139. The third kappa shape index (κ3) is 1.90. The Labute approximate surface area is 100 Å². The minimum Gasteiger partial charge on any atom is -0.317 e. The highest BCUT2D eigenvalue weighted by atomic mass is 19.4. The van der Waals surface area contributed by atoms with Crippen molar-refractivity contribution in [3.05, 3.63) is 40.5 Å². The summed E-state index contributed by atoms with van der Waals surface area (Å²) in [5.74, 6) is -1.44. The molecule has 1 aromatic carbocycles. The van der Waals surface area contributed by atoms with E-state index in [9.17, 15) is 22.0 Å². The molecule has 18 heavy (non-hydrogen) atoms. The van der Waals surface area contributed by atoms with Gasteiger partial charge in [-0.3, -0.25) is 0 Å². The van der Waals surface area contributed by atoms with Crippen LogP contribution in [0.5, 0.6) is 0 Å². The van der Waals surface area contributed by atoms with Gasteiger partial charge in [0.15, 0.2) is 0 Å². The number of fused-ring (bicyclic) bond motifs is 1. The maximum atomic E-state index is 13.5. The highest BCUT2D eigenvalue weighted by Gasteiger charge is 2.42. The third-order valence-corrected chi connectivity index (χ3v) is 3.16. The van der Waals surface area contributed by atoms with Crippen LogP contribution >= 0.6 is 0 Å². The van der Waals surface area contributed by atoms with Gasteiger partial charge in [0.25, 0.3) is 0 Å². The van der Waals surface area contributed by atoms with E-state index in [-0.39, 0.29) is 28.7 Å². The number of rotatable bonds is 1. The summed E-state index contributed by atoms with van der Waals surface area (Å²) in [6.07, 6.45) is -4.92. The number of hydrogen-bond donors (Lipinski definition) is 1. The number of hydrogen-bond acceptors (Lipinski definition) is 1. The van der Waals surface area contributed by atoms with E-state index in [0.717, 1.165) is 12.1 Å². The maximum Gasteiger partial charge on any atom is 0.407 e. The van der Waals surface area contributed by atoms with Crippen LogP contribution in [0, 0.1) is 11.6 Å². The molecule has 0 bridgehead atoms. The Balaban J connectivity index is 2.52. The molecular formula is C12H10F5N. The van der Waals surface area contributed by atoms with E-state index in [1.165, 1.54) is 6.92 Å². The fourth-order valence-corrected chi connectivity index (χ4v) is 2.20. The lowest BCUT2D eigenvalue weighted by atomic mass is 10.0. The molecule has 1 aromatic rings. The molecule has 1 nitrogen and oxygen atoms in total. The Morgan fingerprint density at radius 3 is 2.22 bits per heavy atom. The molecule has 0 aromatic heterocycles. The van der Waals surface area contributed by atoms with Crippen LogP contribution in [0.2, 0.25) is 0 Å². The smallest absolute Gasteiger partial charge is 0.317 e. The number of halogens is 5. The van der Waals surface area contributed by atoms with Gasteiger partial charge in [0.1, 0.15) is 17.7 Å². The Kier molecular flexibility index (Phi) is 2.93. The highest BCUT2D eigenvalue weighted by Crippen LogP contribution is 2.39. The van der Waals surface area contributed by atoms with Crippen molar-refractivity contribution in [2.75, 3.05) is 0 Å². The van der Waals surface area contributed by atoms with Gasteiger partial charge in [0.2, 0.25) is 0 Å². The summed E-state index contributed by atoms with van der Waals surface area (Å²) in [5, 5.41) is 0. The van der Waals surface area contributed by atoms with E-state index in [1.807, 2.05) is 0 Å². The first-order valence-corrected chi connectivity index (χ1v) is 5.22. The van der Waals surface area contributed by atoms with Gasteiger partial charge in [-0.25, -0.2) is 8.78 Å². The molecule has 0 spiro atoms. The van der Waals surface area contributed by atoms with Gasteiger partial charge in [-0.1, -0.05) is 0 Å². The van der Waals surface area contributed by atoms with E-state index >= 15 is 0 Å². The molecule has 6 heteroatoms. The molecule has 1 aliphatic carbocycles. The van der Waals surface area contributed by atoms with Gasteiger partial charge >= 0.3 is 6.18 Å². The van der Waals surface area contributed by atoms with Crippen LogP contribution in [-0.2, 0) is 6.42 Å². The SMILES string of the molecule is CC1=C(C(N)C(F)(F)F)Cc2c(F)ccc(F)c21. The van der Waals surface area contributed by atoms with E-state index in [1.54, 1.807) is 0 Å². The van der Waals surface area contributed by atoms with Crippen LogP contribution in [-0.4, -0.2) is 12.2 Å². The summed E-state index contributed by atoms with van der Waals surface area (Å²) in [7, 11) is 0. The maximum absolute atomic E-state index is 13.5. The number of allylic oxidation sites excluding steroid dienone is 1. The molecule has 0 saturated heterocycles. The molecule has 0 fully saturated rings. The molecule has 2 N–H and O–H groups in total. The predicted octanol–water partition coefficient (Wildman–Crippen LogP) is 3.18. The zero-order chi connectivity index (χ0) is 13.7. The van der Waals surface area contributed by atoms with Crippen molar-refractivity contribution in [1.82, 2.24) is 0 Å². The first kappa shape index (κ1) is 13.0. The fraction of sp³-hybridized carbons (Fsp3) is 0.333. The van der Waals surface area contributed by atoms with Crippen molar-refractivity contribution in [1.29, 1.82) is 0 Å². The van der Waals surface area contributed by atoms with Gasteiger partial charge < -0.3 is 5.73 Å². The van der Waals surface area contributed by atoms with Gasteiger partial charge in [-0.15, -0.1) is 0 Å². The van der Waals surface area contributed by atoms with Crippen LogP contribution in [0.15, 0.2) is 17.7 Å². The summed E-state index contributed by atoms with van der Waals surface area (Å²) >= 11 is 0. The van der Waals surface area contributed by atoms with Gasteiger partial charge in [-0.05, 0) is 36.6 Å². The minimum atomic E-state index is -4.62. The molecule has 0 saturated carbocycles. The van der Waals surface area contributed by atoms with Crippen molar-refractivity contribution in [3.8, 4) is 0 Å². The van der Waals surface area contributed by atoms with Crippen molar-refractivity contribution in [2.45, 2.75) is 25.6 Å². The molecule has 98 valence electrons. The van der Waals surface area contributed by atoms with E-state index in [0.29, 0.717) is 0 Å². The molecule has 1 aliphatic rings. The quantitative estimate of drug-likeness (QED) is 0.774. The van der Waals surface area contributed by atoms with E-state index in [4.69, 9.17) is 5.73 Å². The molecule has 1 unspecified atom stereocenters. The Morgan fingerprint density at radius 1 is 1.17 bits per heavy atom. The average molecular weight is 263 g/mol. The first-order chi connectivity index (χ1) is 8.23. The normalized spacial score (nSPS) is 17.1. The lowest BCUT2D eigenvalue weighted by Crippen LogP contribution is -2.39. The van der Waals surface area contributed by atoms with Gasteiger partial charge in [0, 0.05) is 11.1 Å². The molecular weight excluding hydrogens is 253 g/mol. The topological polar surface area (TPSA) is 26.0 Å². The molecule has 0 radical (unpaired) electrons. The Morgan fingerprint density at radius 2 is 1.72 bits per heavy atom. The third-order valence-electron chi connectivity index (χ3n) is 3.16. The Bertz CT molecular complexity index is 530. The standard InChI is InChI=1S/C12H10F5N/c1-5-6(11(18)12(15,16)17)4-7-8(13)2-3-9(14)10(5)7/h2-3,11H,4,18H2,1H3. The van der Waals surface area contributed by atoms with Crippen LogP contribution in [0.25, 0.3) is 5.57 Å². The molecule has 0 amide bonds. The molecule has 1 atom stereocenters. The fourth-order valence-electron chi connectivity index (χ4n) is 2.20. The number of benzene rings is 1. The van der Waals surface area contributed by atoms with Crippen LogP contribution in [0.1, 0.15) is 18.1 Å². The summed E-state index contributed by atoms with van der Waals surface area (Å²) in [4.78, 5) is 0. The number of alkyl halides is 3. The number of nitrogens with two attached hydrogens (primary N) is 1. The van der Waals surface area contributed by atoms with Crippen molar-refractivity contribution in [3.63, 3.8) is 0 Å². The molecule has 2 rings (SSSR count).